The first-order chi connectivity index (χ1) is 3.80. The maximum absolute atomic E-state index is 11.6. The van der Waals surface area contributed by atoms with Crippen LogP contribution in [-0.4, -0.2) is 4.98 Å². The molecule has 1 nitrogen and oxygen atoms in total. The van der Waals surface area contributed by atoms with Crippen LogP contribution in [0.3, 0.4) is 0 Å². The lowest BCUT2D eigenvalue weighted by molar-refractivity contribution is 0.155. The molecule has 0 aromatic carbocycles. The number of alkyl halides is 2. The third-order valence-corrected chi connectivity index (χ3v) is 1.45. The first kappa shape index (κ1) is 5.62. The number of nitrogens with zero attached hydrogens (tertiary/aromatic N) is 1. The van der Waals surface area contributed by atoms with E-state index in [1.807, 2.05) is 0 Å². The first-order valence-corrected chi connectivity index (χ1v) is 2.85. The first-order valence-electron chi connectivity index (χ1n) is 1.97. The Hall–Kier alpha value is -0.510. The number of hydrogen-bond donors (Lipinski definition) is 0. The van der Waals surface area contributed by atoms with Crippen molar-refractivity contribution < 1.29 is 8.78 Å². The highest BCUT2D eigenvalue weighted by molar-refractivity contribution is 7.09. The molecule has 0 amide bonds. The summed E-state index contributed by atoms with van der Waals surface area (Å²) in [6, 6.07) is 0. The van der Waals surface area contributed by atoms with Crippen LogP contribution < -0.4 is 0 Å². The van der Waals surface area contributed by atoms with E-state index in [1.54, 1.807) is 0 Å². The maximum atomic E-state index is 11.6. The van der Waals surface area contributed by atoms with Gasteiger partial charge in [-0.05, 0) is 0 Å². The van der Waals surface area contributed by atoms with Crippen molar-refractivity contribution in [2.45, 2.75) is 6.43 Å². The molecule has 0 aliphatic carbocycles. The Labute approximate surface area is 49.0 Å². The molecule has 0 radical (unpaired) electrons. The second-order valence-electron chi connectivity index (χ2n) is 1.20. The average Bonchev–Trinajstić information content (AvgIpc) is 2.12. The quantitative estimate of drug-likeness (QED) is 0.574. The van der Waals surface area contributed by atoms with E-state index in [-0.39, 0.29) is 4.88 Å². The van der Waals surface area contributed by atoms with Gasteiger partial charge < -0.3 is 0 Å². The second kappa shape index (κ2) is 2.17. The topological polar surface area (TPSA) is 12.9 Å². The molecule has 0 saturated heterocycles. The normalized spacial score (nSPS) is 10.4. The summed E-state index contributed by atoms with van der Waals surface area (Å²) in [5.74, 6) is 0. The van der Waals surface area contributed by atoms with E-state index in [0.29, 0.717) is 0 Å². The molecule has 0 saturated carbocycles. The second-order valence-corrected chi connectivity index (χ2v) is 2.12. The summed E-state index contributed by atoms with van der Waals surface area (Å²) >= 11 is 0.970. The molecule has 0 fully saturated rings. The van der Waals surface area contributed by atoms with E-state index in [0.717, 1.165) is 11.3 Å². The average molecular weight is 135 g/mol. The van der Waals surface area contributed by atoms with E-state index in [9.17, 15) is 8.78 Å². The summed E-state index contributed by atoms with van der Waals surface area (Å²) < 4.78 is 23.1. The van der Waals surface area contributed by atoms with Gasteiger partial charge in [0.25, 0.3) is 6.43 Å². The van der Waals surface area contributed by atoms with Gasteiger partial charge in [-0.2, -0.15) is 0 Å². The molecule has 0 atom stereocenters. The fourth-order valence-electron chi connectivity index (χ4n) is 0.333. The fraction of sp³-hybridized carbons (Fsp3) is 0.250. The molecule has 0 spiro atoms. The highest BCUT2D eigenvalue weighted by Gasteiger charge is 2.06. The smallest absolute Gasteiger partial charge is 0.253 e. The number of hydrogen-bond acceptors (Lipinski definition) is 2. The van der Waals surface area contributed by atoms with Gasteiger partial charge >= 0.3 is 0 Å². The van der Waals surface area contributed by atoms with Gasteiger partial charge in [-0.1, -0.05) is 0 Å². The highest BCUT2D eigenvalue weighted by atomic mass is 32.1. The summed E-state index contributed by atoms with van der Waals surface area (Å²) in [5, 5.41) is 0. The van der Waals surface area contributed by atoms with Gasteiger partial charge in [-0.3, -0.25) is 4.98 Å². The fourth-order valence-corrected chi connectivity index (χ4v) is 0.801. The molecule has 1 rings (SSSR count). The van der Waals surface area contributed by atoms with Crippen LogP contribution in [-0.2, 0) is 0 Å². The predicted octanol–water partition coefficient (Wildman–Crippen LogP) is 2.08. The van der Waals surface area contributed by atoms with Crippen molar-refractivity contribution in [2.75, 3.05) is 0 Å². The molecule has 4 heteroatoms. The molecule has 1 heterocycles. The minimum Gasteiger partial charge on any atom is -0.253 e. The number of rotatable bonds is 1. The number of thiazole rings is 1. The molecule has 1 aromatic heterocycles. The van der Waals surface area contributed by atoms with Crippen LogP contribution in [0.5, 0.6) is 0 Å². The van der Waals surface area contributed by atoms with Crippen molar-refractivity contribution in [2.24, 2.45) is 0 Å². The maximum Gasteiger partial charge on any atom is 0.274 e. The summed E-state index contributed by atoms with van der Waals surface area (Å²) in [6.07, 6.45) is -1.18. The molecule has 8 heavy (non-hydrogen) atoms. The lowest BCUT2D eigenvalue weighted by Gasteiger charge is -1.85. The Morgan fingerprint density at radius 2 is 2.38 bits per heavy atom. The SMILES string of the molecule is FC(F)c1cncs1. The van der Waals surface area contributed by atoms with E-state index in [2.05, 4.69) is 4.98 Å². The lowest BCUT2D eigenvalue weighted by atomic mass is 10.6. The zero-order chi connectivity index (χ0) is 5.98. The Morgan fingerprint density at radius 1 is 1.62 bits per heavy atom. The molecule has 44 valence electrons. The van der Waals surface area contributed by atoms with E-state index in [4.69, 9.17) is 0 Å². The van der Waals surface area contributed by atoms with Crippen LogP contribution in [0.2, 0.25) is 0 Å². The molecule has 0 N–H and O–H groups in total. The van der Waals surface area contributed by atoms with Gasteiger partial charge in [-0.15, -0.1) is 11.3 Å². The van der Waals surface area contributed by atoms with Crippen molar-refractivity contribution in [3.63, 3.8) is 0 Å². The molecular weight excluding hydrogens is 132 g/mol. The van der Waals surface area contributed by atoms with Crippen molar-refractivity contribution in [3.8, 4) is 0 Å². The van der Waals surface area contributed by atoms with Gasteiger partial charge in [0.1, 0.15) is 0 Å². The zero-order valence-corrected chi connectivity index (χ0v) is 4.66. The van der Waals surface area contributed by atoms with Crippen molar-refractivity contribution in [1.29, 1.82) is 0 Å². The Bertz CT molecular complexity index is 149. The van der Waals surface area contributed by atoms with Gasteiger partial charge in [0.2, 0.25) is 0 Å². The standard InChI is InChI=1S/C4H3F2NS/c5-4(6)3-1-7-2-8-3/h1-2,4H. The molecule has 0 aliphatic rings. The van der Waals surface area contributed by atoms with E-state index < -0.39 is 6.43 Å². The van der Waals surface area contributed by atoms with E-state index in [1.165, 1.54) is 11.7 Å². The summed E-state index contributed by atoms with van der Waals surface area (Å²) in [6.45, 7) is 0. The van der Waals surface area contributed by atoms with Gasteiger partial charge in [-0.25, -0.2) is 8.78 Å². The minimum atomic E-state index is -2.36. The Kier molecular flexibility index (Phi) is 1.53. The van der Waals surface area contributed by atoms with Crippen molar-refractivity contribution in [3.05, 3.63) is 16.6 Å². The van der Waals surface area contributed by atoms with Crippen LogP contribution in [0, 0.1) is 0 Å². The van der Waals surface area contributed by atoms with Crippen molar-refractivity contribution >= 4 is 11.3 Å². The van der Waals surface area contributed by atoms with Crippen LogP contribution in [0.15, 0.2) is 11.7 Å². The lowest BCUT2D eigenvalue weighted by Crippen LogP contribution is -1.72. The van der Waals surface area contributed by atoms with E-state index >= 15 is 0 Å². The van der Waals surface area contributed by atoms with Crippen LogP contribution in [0.25, 0.3) is 0 Å². The Balaban J connectivity index is 2.77. The number of halogens is 2. The minimum absolute atomic E-state index is 0.0324. The summed E-state index contributed by atoms with van der Waals surface area (Å²) in [4.78, 5) is 3.51. The zero-order valence-electron chi connectivity index (χ0n) is 3.84. The molecular formula is C4H3F2NS. The highest BCUT2D eigenvalue weighted by Crippen LogP contribution is 2.20. The summed E-state index contributed by atoms with van der Waals surface area (Å²) in [5.41, 5.74) is 1.39. The predicted molar refractivity (Wildman–Crippen MR) is 27.1 cm³/mol. The van der Waals surface area contributed by atoms with Gasteiger partial charge in [0.05, 0.1) is 10.4 Å². The van der Waals surface area contributed by atoms with Crippen molar-refractivity contribution in [1.82, 2.24) is 4.98 Å². The monoisotopic (exact) mass is 135 g/mol. The van der Waals surface area contributed by atoms with Gasteiger partial charge in [0, 0.05) is 6.20 Å². The largest absolute Gasteiger partial charge is 0.274 e. The molecule has 0 aliphatic heterocycles. The van der Waals surface area contributed by atoms with Gasteiger partial charge in [0.15, 0.2) is 0 Å². The molecule has 0 bridgehead atoms. The Morgan fingerprint density at radius 3 is 2.62 bits per heavy atom. The van der Waals surface area contributed by atoms with Crippen LogP contribution in [0.1, 0.15) is 11.3 Å². The molecule has 0 unspecified atom stereocenters. The summed E-state index contributed by atoms with van der Waals surface area (Å²) in [7, 11) is 0. The van der Waals surface area contributed by atoms with Crippen LogP contribution in [0.4, 0.5) is 8.78 Å². The third kappa shape index (κ3) is 1.01. The number of aromatic nitrogens is 1. The third-order valence-electron chi connectivity index (χ3n) is 0.666. The van der Waals surface area contributed by atoms with Crippen LogP contribution >= 0.6 is 11.3 Å². The molecule has 1 aromatic rings.